The van der Waals surface area contributed by atoms with E-state index in [9.17, 15) is 4.79 Å². The first kappa shape index (κ1) is 12.3. The van der Waals surface area contributed by atoms with Crippen molar-refractivity contribution in [2.75, 3.05) is 6.61 Å². The zero-order chi connectivity index (χ0) is 11.8. The Morgan fingerprint density at radius 2 is 2.12 bits per heavy atom. The summed E-state index contributed by atoms with van der Waals surface area (Å²) in [5.74, 6) is 0.824. The molecule has 0 amide bonds. The van der Waals surface area contributed by atoms with Crippen LogP contribution < -0.4 is 4.74 Å². The van der Waals surface area contributed by atoms with Gasteiger partial charge < -0.3 is 9.53 Å². The zero-order valence-corrected chi connectivity index (χ0v) is 9.40. The highest BCUT2D eigenvalue weighted by atomic mass is 16.5. The smallest absolute Gasteiger partial charge is 0.137 e. The van der Waals surface area contributed by atoms with E-state index in [1.54, 1.807) is 25.1 Å². The van der Waals surface area contributed by atoms with Crippen molar-refractivity contribution in [1.29, 1.82) is 5.26 Å². The van der Waals surface area contributed by atoms with E-state index < -0.39 is 0 Å². The number of benzene rings is 1. The minimum atomic E-state index is 0.206. The largest absolute Gasteiger partial charge is 0.492 e. The molecule has 16 heavy (non-hydrogen) atoms. The van der Waals surface area contributed by atoms with Crippen molar-refractivity contribution in [3.63, 3.8) is 0 Å². The lowest BCUT2D eigenvalue weighted by molar-refractivity contribution is -0.117. The molecule has 0 aliphatic heterocycles. The molecule has 1 aromatic rings. The molecule has 3 heteroatoms. The molecule has 0 atom stereocenters. The van der Waals surface area contributed by atoms with E-state index in [1.807, 2.05) is 6.07 Å². The predicted octanol–water partition coefficient (Wildman–Crippen LogP) is 2.70. The molecule has 0 radical (unpaired) electrons. The number of hydrogen-bond acceptors (Lipinski definition) is 3. The lowest BCUT2D eigenvalue weighted by atomic mass is 10.2. The third-order valence-electron chi connectivity index (χ3n) is 2.19. The second-order valence-corrected chi connectivity index (χ2v) is 3.62. The molecule has 0 saturated heterocycles. The Kier molecular flexibility index (Phi) is 5.07. The SMILES string of the molecule is CC(=O)CCCCOc1ccccc1C#N. The second kappa shape index (κ2) is 6.62. The number of nitriles is 1. The van der Waals surface area contributed by atoms with Crippen molar-refractivity contribution in [1.82, 2.24) is 0 Å². The van der Waals surface area contributed by atoms with Crippen LogP contribution in [-0.4, -0.2) is 12.4 Å². The van der Waals surface area contributed by atoms with Gasteiger partial charge in [0.15, 0.2) is 0 Å². The summed E-state index contributed by atoms with van der Waals surface area (Å²) in [6.45, 7) is 2.14. The zero-order valence-electron chi connectivity index (χ0n) is 9.40. The van der Waals surface area contributed by atoms with Gasteiger partial charge in [-0.2, -0.15) is 5.26 Å². The molecule has 0 fully saturated rings. The number of carbonyl (C=O) groups excluding carboxylic acids is 1. The van der Waals surface area contributed by atoms with Gasteiger partial charge in [-0.25, -0.2) is 0 Å². The molecule has 1 rings (SSSR count). The predicted molar refractivity (Wildman–Crippen MR) is 61.2 cm³/mol. The van der Waals surface area contributed by atoms with Crippen LogP contribution in [0.1, 0.15) is 31.7 Å². The van der Waals surface area contributed by atoms with E-state index in [0.29, 0.717) is 24.3 Å². The number of rotatable bonds is 6. The normalized spacial score (nSPS) is 9.50. The molecule has 0 N–H and O–H groups in total. The van der Waals surface area contributed by atoms with Crippen molar-refractivity contribution in [3.8, 4) is 11.8 Å². The Labute approximate surface area is 95.7 Å². The molecular weight excluding hydrogens is 202 g/mol. The van der Waals surface area contributed by atoms with Gasteiger partial charge in [0.2, 0.25) is 0 Å². The molecule has 0 aliphatic carbocycles. The van der Waals surface area contributed by atoms with Crippen LogP contribution in [0, 0.1) is 11.3 Å². The maximum Gasteiger partial charge on any atom is 0.137 e. The molecule has 0 unspecified atom stereocenters. The average Bonchev–Trinajstić information content (AvgIpc) is 2.29. The highest BCUT2D eigenvalue weighted by Crippen LogP contribution is 2.16. The summed E-state index contributed by atoms with van der Waals surface area (Å²) in [5.41, 5.74) is 0.550. The maximum absolute atomic E-state index is 10.7. The fraction of sp³-hybridized carbons (Fsp3) is 0.385. The van der Waals surface area contributed by atoms with E-state index in [1.165, 1.54) is 0 Å². The van der Waals surface area contributed by atoms with Gasteiger partial charge in [-0.05, 0) is 31.9 Å². The van der Waals surface area contributed by atoms with Crippen LogP contribution in [0.15, 0.2) is 24.3 Å². The van der Waals surface area contributed by atoms with Crippen LogP contribution in [0.25, 0.3) is 0 Å². The van der Waals surface area contributed by atoms with Gasteiger partial charge >= 0.3 is 0 Å². The average molecular weight is 217 g/mol. The Balaban J connectivity index is 2.32. The summed E-state index contributed by atoms with van der Waals surface area (Å²) in [6, 6.07) is 9.23. The number of ether oxygens (including phenoxy) is 1. The van der Waals surface area contributed by atoms with Gasteiger partial charge in [0, 0.05) is 6.42 Å². The van der Waals surface area contributed by atoms with E-state index in [2.05, 4.69) is 6.07 Å². The number of para-hydroxylation sites is 1. The van der Waals surface area contributed by atoms with Crippen LogP contribution >= 0.6 is 0 Å². The van der Waals surface area contributed by atoms with E-state index in [-0.39, 0.29) is 5.78 Å². The van der Waals surface area contributed by atoms with Crippen LogP contribution in [-0.2, 0) is 4.79 Å². The summed E-state index contributed by atoms with van der Waals surface area (Å²) in [7, 11) is 0. The molecule has 0 aromatic heterocycles. The molecule has 0 heterocycles. The first-order valence-corrected chi connectivity index (χ1v) is 5.35. The fourth-order valence-electron chi connectivity index (χ4n) is 1.34. The number of ketones is 1. The summed E-state index contributed by atoms with van der Waals surface area (Å²) >= 11 is 0. The molecule has 0 bridgehead atoms. The quantitative estimate of drug-likeness (QED) is 0.688. The van der Waals surface area contributed by atoms with Crippen molar-refractivity contribution in [2.45, 2.75) is 26.2 Å². The number of hydrogen-bond donors (Lipinski definition) is 0. The third-order valence-corrected chi connectivity index (χ3v) is 2.19. The van der Waals surface area contributed by atoms with Crippen LogP contribution in [0.3, 0.4) is 0 Å². The Morgan fingerprint density at radius 3 is 2.81 bits per heavy atom. The summed E-state index contributed by atoms with van der Waals surface area (Å²) in [6.07, 6.45) is 2.27. The lowest BCUT2D eigenvalue weighted by Crippen LogP contribution is -2.00. The van der Waals surface area contributed by atoms with Crippen molar-refractivity contribution < 1.29 is 9.53 Å². The molecule has 0 aliphatic rings. The van der Waals surface area contributed by atoms with Gasteiger partial charge in [-0.15, -0.1) is 0 Å². The number of nitrogens with zero attached hydrogens (tertiary/aromatic N) is 1. The lowest BCUT2D eigenvalue weighted by Gasteiger charge is -2.06. The highest BCUT2D eigenvalue weighted by Gasteiger charge is 2.01. The Bertz CT molecular complexity index is 393. The first-order chi connectivity index (χ1) is 7.74. The highest BCUT2D eigenvalue weighted by molar-refractivity contribution is 5.75. The summed E-state index contributed by atoms with van der Waals surface area (Å²) in [4.78, 5) is 10.7. The Hall–Kier alpha value is -1.82. The Morgan fingerprint density at radius 1 is 1.38 bits per heavy atom. The van der Waals surface area contributed by atoms with Gasteiger partial charge in [-0.3, -0.25) is 0 Å². The summed E-state index contributed by atoms with van der Waals surface area (Å²) in [5, 5.41) is 8.82. The standard InChI is InChI=1S/C13H15NO2/c1-11(15)6-4-5-9-16-13-8-3-2-7-12(13)10-14/h2-3,7-8H,4-6,9H2,1H3. The number of unbranched alkanes of at least 4 members (excludes halogenated alkanes) is 1. The molecule has 0 saturated carbocycles. The fourth-order valence-corrected chi connectivity index (χ4v) is 1.34. The van der Waals surface area contributed by atoms with Crippen molar-refractivity contribution in [3.05, 3.63) is 29.8 Å². The van der Waals surface area contributed by atoms with Gasteiger partial charge in [0.25, 0.3) is 0 Å². The topological polar surface area (TPSA) is 50.1 Å². The summed E-state index contributed by atoms with van der Waals surface area (Å²) < 4.78 is 5.48. The second-order valence-electron chi connectivity index (χ2n) is 3.62. The van der Waals surface area contributed by atoms with E-state index in [0.717, 1.165) is 12.8 Å². The van der Waals surface area contributed by atoms with Crippen LogP contribution in [0.4, 0.5) is 0 Å². The van der Waals surface area contributed by atoms with Crippen molar-refractivity contribution >= 4 is 5.78 Å². The van der Waals surface area contributed by atoms with Crippen LogP contribution in [0.5, 0.6) is 5.75 Å². The van der Waals surface area contributed by atoms with Gasteiger partial charge in [0.05, 0.1) is 12.2 Å². The molecule has 0 spiro atoms. The monoisotopic (exact) mass is 217 g/mol. The molecule has 1 aromatic carbocycles. The molecule has 84 valence electrons. The van der Waals surface area contributed by atoms with E-state index in [4.69, 9.17) is 10.00 Å². The van der Waals surface area contributed by atoms with Crippen LogP contribution in [0.2, 0.25) is 0 Å². The number of carbonyl (C=O) groups is 1. The van der Waals surface area contributed by atoms with E-state index >= 15 is 0 Å². The van der Waals surface area contributed by atoms with Gasteiger partial charge in [0.1, 0.15) is 17.6 Å². The molecule has 3 nitrogen and oxygen atoms in total. The first-order valence-electron chi connectivity index (χ1n) is 5.35. The minimum Gasteiger partial charge on any atom is -0.492 e. The molecular formula is C13H15NO2. The maximum atomic E-state index is 10.7. The third kappa shape index (κ3) is 4.14. The van der Waals surface area contributed by atoms with Gasteiger partial charge in [-0.1, -0.05) is 12.1 Å². The number of Topliss-reactive ketones (excluding diaryl/α,β-unsaturated/α-hetero) is 1. The van der Waals surface area contributed by atoms with Crippen molar-refractivity contribution in [2.24, 2.45) is 0 Å². The minimum absolute atomic E-state index is 0.206.